The topological polar surface area (TPSA) is 107 Å². The molecule has 1 N–H and O–H groups in total. The van der Waals surface area contributed by atoms with Crippen LogP contribution in [0.1, 0.15) is 27.2 Å². The Morgan fingerprint density at radius 1 is 0.794 bits per heavy atom. The molecule has 0 aliphatic heterocycles. The van der Waals surface area contributed by atoms with Gasteiger partial charge < -0.3 is 5.11 Å². The molecule has 3 heterocycles. The van der Waals surface area contributed by atoms with Crippen molar-refractivity contribution >= 4 is 51.5 Å². The number of benzene rings is 3. The van der Waals surface area contributed by atoms with Crippen LogP contribution in [-0.2, 0) is 13.0 Å². The Bertz CT molecular complexity index is 1650. The van der Waals surface area contributed by atoms with Crippen molar-refractivity contribution in [3.8, 4) is 11.3 Å². The van der Waals surface area contributed by atoms with Crippen LogP contribution in [0.15, 0.2) is 66.7 Å². The van der Waals surface area contributed by atoms with Crippen LogP contribution < -0.4 is 0 Å². The zero-order chi connectivity index (χ0) is 23.1. The number of carboxylic acid groups (broad SMARTS) is 1. The third kappa shape index (κ3) is 3.72. The van der Waals surface area contributed by atoms with E-state index in [1.165, 1.54) is 0 Å². The molecule has 0 radical (unpaired) electrons. The van der Waals surface area contributed by atoms with Gasteiger partial charge in [0.15, 0.2) is 5.69 Å². The van der Waals surface area contributed by atoms with E-state index >= 15 is 0 Å². The molecule has 3 aromatic heterocycles. The van der Waals surface area contributed by atoms with Crippen LogP contribution in [0.5, 0.6) is 0 Å². The van der Waals surface area contributed by atoms with Gasteiger partial charge in [-0.2, -0.15) is 22.6 Å². The Morgan fingerprint density at radius 3 is 2.09 bits per heavy atom. The van der Waals surface area contributed by atoms with Gasteiger partial charge in [0, 0.05) is 17.5 Å². The third-order valence-electron chi connectivity index (χ3n) is 5.65. The molecule has 0 bridgehead atoms. The van der Waals surface area contributed by atoms with E-state index in [-0.39, 0.29) is 5.69 Å². The minimum atomic E-state index is -1.02. The largest absolute Gasteiger partial charge is 0.477 e. The second kappa shape index (κ2) is 8.40. The standard InChI is InChI=1S/C24H16N6O2S2/c31-24(32)23-17(10-14-6-8-18-20(11-14)28-33-26-18)22(16-4-2-1-3-5-16)25-30(23)13-15-7-9-19-21(12-15)29-34-27-19/h1-9,11-12H,10,13H2,(H,31,32). The van der Waals surface area contributed by atoms with Crippen molar-refractivity contribution in [3.63, 3.8) is 0 Å². The first-order chi connectivity index (χ1) is 16.7. The van der Waals surface area contributed by atoms with E-state index in [4.69, 9.17) is 5.10 Å². The van der Waals surface area contributed by atoms with Crippen molar-refractivity contribution in [2.45, 2.75) is 13.0 Å². The normalized spacial score (nSPS) is 11.4. The predicted octanol–water partition coefficient (Wildman–Crippen LogP) is 4.90. The summed E-state index contributed by atoms with van der Waals surface area (Å²) in [6, 6.07) is 21.3. The molecule has 0 aliphatic rings. The molecule has 0 aliphatic carbocycles. The van der Waals surface area contributed by atoms with E-state index in [9.17, 15) is 9.90 Å². The summed E-state index contributed by atoms with van der Waals surface area (Å²) >= 11 is 2.32. The average molecular weight is 485 g/mol. The molecule has 3 aromatic carbocycles. The molecule has 6 rings (SSSR count). The number of carbonyl (C=O) groups is 1. The predicted molar refractivity (Wildman–Crippen MR) is 131 cm³/mol. The molecule has 0 amide bonds. The Kier molecular flexibility index (Phi) is 5.08. The van der Waals surface area contributed by atoms with Crippen molar-refractivity contribution in [2.24, 2.45) is 0 Å². The van der Waals surface area contributed by atoms with Gasteiger partial charge in [-0.15, -0.1) is 0 Å². The summed E-state index contributed by atoms with van der Waals surface area (Å²) in [5.41, 5.74) is 7.48. The van der Waals surface area contributed by atoms with E-state index in [1.54, 1.807) is 4.68 Å². The van der Waals surface area contributed by atoms with Gasteiger partial charge in [-0.25, -0.2) is 4.79 Å². The minimum Gasteiger partial charge on any atom is -0.477 e. The highest BCUT2D eigenvalue weighted by Crippen LogP contribution is 2.29. The van der Waals surface area contributed by atoms with Gasteiger partial charge in [-0.3, -0.25) is 4.68 Å². The molecule has 6 aromatic rings. The molecule has 0 fully saturated rings. The highest BCUT2D eigenvalue weighted by Gasteiger charge is 2.24. The summed E-state index contributed by atoms with van der Waals surface area (Å²) in [6.07, 6.45) is 0.411. The first kappa shape index (κ1) is 20.6. The van der Waals surface area contributed by atoms with Crippen LogP contribution in [0.4, 0.5) is 0 Å². The van der Waals surface area contributed by atoms with Crippen molar-refractivity contribution in [1.29, 1.82) is 0 Å². The van der Waals surface area contributed by atoms with Gasteiger partial charge in [-0.05, 0) is 35.4 Å². The summed E-state index contributed by atoms with van der Waals surface area (Å²) in [5, 5.41) is 15.0. The zero-order valence-electron chi connectivity index (χ0n) is 17.6. The number of rotatable bonds is 6. The molecule has 34 heavy (non-hydrogen) atoms. The summed E-state index contributed by atoms with van der Waals surface area (Å²) < 4.78 is 18.7. The quantitative estimate of drug-likeness (QED) is 0.358. The fourth-order valence-corrected chi connectivity index (χ4v) is 5.12. The maximum Gasteiger partial charge on any atom is 0.354 e. The third-order valence-corrected chi connectivity index (χ3v) is 6.76. The first-order valence-corrected chi connectivity index (χ1v) is 11.9. The summed E-state index contributed by atoms with van der Waals surface area (Å²) in [5.74, 6) is -1.02. The lowest BCUT2D eigenvalue weighted by atomic mass is 9.98. The molecular weight excluding hydrogens is 468 g/mol. The van der Waals surface area contributed by atoms with E-state index in [0.717, 1.165) is 62.2 Å². The smallest absolute Gasteiger partial charge is 0.354 e. The second-order valence-electron chi connectivity index (χ2n) is 7.86. The Balaban J connectivity index is 1.48. The average Bonchev–Trinajstić information content (AvgIpc) is 3.58. The van der Waals surface area contributed by atoms with E-state index in [1.807, 2.05) is 66.7 Å². The van der Waals surface area contributed by atoms with Gasteiger partial charge in [0.25, 0.3) is 0 Å². The minimum absolute atomic E-state index is 0.173. The second-order valence-corrected chi connectivity index (χ2v) is 8.91. The number of hydrogen-bond acceptors (Lipinski definition) is 8. The summed E-state index contributed by atoms with van der Waals surface area (Å²) in [7, 11) is 0. The van der Waals surface area contributed by atoms with Crippen LogP contribution in [0, 0.1) is 0 Å². The van der Waals surface area contributed by atoms with Crippen LogP contribution in [-0.4, -0.2) is 38.4 Å². The number of fused-ring (bicyclic) bond motifs is 2. The fraction of sp³-hybridized carbons (Fsp3) is 0.0833. The number of aromatic carboxylic acids is 1. The zero-order valence-corrected chi connectivity index (χ0v) is 19.3. The molecular formula is C24H16N6O2S2. The maximum atomic E-state index is 12.5. The lowest BCUT2D eigenvalue weighted by Crippen LogP contribution is -2.13. The molecule has 166 valence electrons. The van der Waals surface area contributed by atoms with E-state index < -0.39 is 5.97 Å². The number of nitrogens with zero attached hydrogens (tertiary/aromatic N) is 6. The molecule has 8 nitrogen and oxygen atoms in total. The Hall–Kier alpha value is -4.02. The van der Waals surface area contributed by atoms with Crippen LogP contribution in [0.25, 0.3) is 33.3 Å². The van der Waals surface area contributed by atoms with Crippen LogP contribution >= 0.6 is 23.5 Å². The SMILES string of the molecule is O=C(O)c1c(Cc2ccc3nsnc3c2)c(-c2ccccc2)nn1Cc1ccc2nsnc2c1. The molecule has 0 saturated heterocycles. The van der Waals surface area contributed by atoms with Gasteiger partial charge >= 0.3 is 5.97 Å². The first-order valence-electron chi connectivity index (χ1n) is 10.5. The van der Waals surface area contributed by atoms with E-state index in [0.29, 0.717) is 24.2 Å². The lowest BCUT2D eigenvalue weighted by molar-refractivity contribution is 0.0683. The van der Waals surface area contributed by atoms with Crippen LogP contribution in [0.2, 0.25) is 0 Å². The van der Waals surface area contributed by atoms with Crippen molar-refractivity contribution in [3.05, 3.63) is 89.1 Å². The maximum absolute atomic E-state index is 12.5. The van der Waals surface area contributed by atoms with Crippen molar-refractivity contribution < 1.29 is 9.90 Å². The monoisotopic (exact) mass is 484 g/mol. The summed E-state index contributed by atoms with van der Waals surface area (Å²) in [6.45, 7) is 0.309. The van der Waals surface area contributed by atoms with Gasteiger partial charge in [-0.1, -0.05) is 42.5 Å². The highest BCUT2D eigenvalue weighted by molar-refractivity contribution is 7.00. The van der Waals surface area contributed by atoms with Crippen LogP contribution in [0.3, 0.4) is 0 Å². The molecule has 10 heteroatoms. The Labute approximate surface area is 201 Å². The molecule has 0 atom stereocenters. The highest BCUT2D eigenvalue weighted by atomic mass is 32.1. The van der Waals surface area contributed by atoms with Crippen molar-refractivity contribution in [2.75, 3.05) is 0 Å². The lowest BCUT2D eigenvalue weighted by Gasteiger charge is -2.07. The van der Waals surface area contributed by atoms with Gasteiger partial charge in [0.2, 0.25) is 0 Å². The number of hydrogen-bond donors (Lipinski definition) is 1. The molecule has 0 saturated carbocycles. The van der Waals surface area contributed by atoms with Gasteiger partial charge in [0.1, 0.15) is 22.1 Å². The molecule has 0 spiro atoms. The number of carboxylic acids is 1. The Morgan fingerprint density at radius 2 is 1.41 bits per heavy atom. The van der Waals surface area contributed by atoms with E-state index in [2.05, 4.69) is 17.5 Å². The van der Waals surface area contributed by atoms with Crippen molar-refractivity contribution in [1.82, 2.24) is 27.3 Å². The fourth-order valence-electron chi connectivity index (χ4n) is 4.09. The van der Waals surface area contributed by atoms with Gasteiger partial charge in [0.05, 0.1) is 35.7 Å². The number of aromatic nitrogens is 6. The summed E-state index contributed by atoms with van der Waals surface area (Å²) in [4.78, 5) is 12.5. The molecule has 0 unspecified atom stereocenters.